The SMILES string of the molecule is CCN(C(=O)c1ccnc(CN)c1)C(C)C.Cl. The van der Waals surface area contributed by atoms with Crippen LogP contribution < -0.4 is 5.73 Å². The molecule has 0 saturated heterocycles. The number of hydrogen-bond donors (Lipinski definition) is 1. The van der Waals surface area contributed by atoms with Crippen LogP contribution in [0.3, 0.4) is 0 Å². The zero-order chi connectivity index (χ0) is 12.1. The van der Waals surface area contributed by atoms with Gasteiger partial charge in [0.1, 0.15) is 0 Å². The third kappa shape index (κ3) is 3.98. The molecule has 5 heteroatoms. The van der Waals surface area contributed by atoms with E-state index in [2.05, 4.69) is 4.98 Å². The van der Waals surface area contributed by atoms with Crippen molar-refractivity contribution in [2.75, 3.05) is 6.54 Å². The predicted molar refractivity (Wildman–Crippen MR) is 71.2 cm³/mol. The molecular formula is C12H20ClN3O. The van der Waals surface area contributed by atoms with Crippen LogP contribution >= 0.6 is 12.4 Å². The highest BCUT2D eigenvalue weighted by Crippen LogP contribution is 2.08. The number of amides is 1. The lowest BCUT2D eigenvalue weighted by Gasteiger charge is -2.25. The molecule has 1 heterocycles. The topological polar surface area (TPSA) is 59.2 Å². The molecule has 4 nitrogen and oxygen atoms in total. The van der Waals surface area contributed by atoms with Crippen LogP contribution in [0, 0.1) is 0 Å². The molecule has 0 spiro atoms. The van der Waals surface area contributed by atoms with E-state index in [0.29, 0.717) is 18.7 Å². The standard InChI is InChI=1S/C12H19N3O.ClH/c1-4-15(9(2)3)12(16)10-5-6-14-11(7-10)8-13;/h5-7,9H,4,8,13H2,1-3H3;1H. The summed E-state index contributed by atoms with van der Waals surface area (Å²) in [6.07, 6.45) is 1.63. The van der Waals surface area contributed by atoms with Crippen LogP contribution in [0.5, 0.6) is 0 Å². The Kier molecular flexibility index (Phi) is 6.76. The number of hydrogen-bond acceptors (Lipinski definition) is 3. The molecular weight excluding hydrogens is 238 g/mol. The Hall–Kier alpha value is -1.13. The summed E-state index contributed by atoms with van der Waals surface area (Å²) < 4.78 is 0. The van der Waals surface area contributed by atoms with Crippen LogP contribution in [0.25, 0.3) is 0 Å². The summed E-state index contributed by atoms with van der Waals surface area (Å²) in [5, 5.41) is 0. The average Bonchev–Trinajstić information content (AvgIpc) is 2.29. The largest absolute Gasteiger partial charge is 0.336 e. The number of rotatable bonds is 4. The van der Waals surface area contributed by atoms with E-state index in [1.807, 2.05) is 25.7 Å². The van der Waals surface area contributed by atoms with Crippen molar-refractivity contribution in [3.63, 3.8) is 0 Å². The van der Waals surface area contributed by atoms with Crippen LogP contribution in [0.4, 0.5) is 0 Å². The van der Waals surface area contributed by atoms with E-state index >= 15 is 0 Å². The highest BCUT2D eigenvalue weighted by atomic mass is 35.5. The summed E-state index contributed by atoms with van der Waals surface area (Å²) in [6.45, 7) is 7.05. The Labute approximate surface area is 109 Å². The maximum Gasteiger partial charge on any atom is 0.254 e. The van der Waals surface area contributed by atoms with Crippen molar-refractivity contribution in [1.29, 1.82) is 0 Å². The number of carbonyl (C=O) groups is 1. The second-order valence-electron chi connectivity index (χ2n) is 3.92. The summed E-state index contributed by atoms with van der Waals surface area (Å²) in [5.41, 5.74) is 6.90. The number of aromatic nitrogens is 1. The predicted octanol–water partition coefficient (Wildman–Crippen LogP) is 1.83. The maximum atomic E-state index is 12.1. The van der Waals surface area contributed by atoms with Gasteiger partial charge in [0.15, 0.2) is 0 Å². The van der Waals surface area contributed by atoms with Gasteiger partial charge in [-0.05, 0) is 32.9 Å². The molecule has 1 amide bonds. The van der Waals surface area contributed by atoms with Gasteiger partial charge in [-0.2, -0.15) is 0 Å². The highest BCUT2D eigenvalue weighted by Gasteiger charge is 2.16. The molecule has 0 unspecified atom stereocenters. The Morgan fingerprint density at radius 1 is 1.53 bits per heavy atom. The quantitative estimate of drug-likeness (QED) is 0.895. The van der Waals surface area contributed by atoms with Crippen molar-refractivity contribution in [2.24, 2.45) is 5.73 Å². The monoisotopic (exact) mass is 257 g/mol. The van der Waals surface area contributed by atoms with E-state index in [9.17, 15) is 4.79 Å². The van der Waals surface area contributed by atoms with Crippen LogP contribution in [-0.4, -0.2) is 28.4 Å². The number of pyridine rings is 1. The molecule has 1 rings (SSSR count). The minimum Gasteiger partial charge on any atom is -0.336 e. The molecule has 0 aromatic carbocycles. The Morgan fingerprint density at radius 3 is 2.65 bits per heavy atom. The second-order valence-corrected chi connectivity index (χ2v) is 3.92. The van der Waals surface area contributed by atoms with Gasteiger partial charge in [0.05, 0.1) is 5.69 Å². The van der Waals surface area contributed by atoms with Gasteiger partial charge in [0.2, 0.25) is 0 Å². The van der Waals surface area contributed by atoms with Gasteiger partial charge in [0.25, 0.3) is 5.91 Å². The molecule has 0 aliphatic heterocycles. The normalized spacial score (nSPS) is 9.94. The van der Waals surface area contributed by atoms with Crippen LogP contribution in [0.1, 0.15) is 36.8 Å². The molecule has 1 aromatic heterocycles. The molecule has 96 valence electrons. The number of nitrogens with two attached hydrogens (primary N) is 1. The van der Waals surface area contributed by atoms with Crippen molar-refractivity contribution in [3.05, 3.63) is 29.6 Å². The van der Waals surface area contributed by atoms with Crippen LogP contribution in [0.2, 0.25) is 0 Å². The third-order valence-electron chi connectivity index (χ3n) is 2.50. The van der Waals surface area contributed by atoms with E-state index in [1.54, 1.807) is 18.3 Å². The van der Waals surface area contributed by atoms with Crippen LogP contribution in [-0.2, 0) is 6.54 Å². The first-order valence-electron chi connectivity index (χ1n) is 5.56. The van der Waals surface area contributed by atoms with Crippen LogP contribution in [0.15, 0.2) is 18.3 Å². The fourth-order valence-corrected chi connectivity index (χ4v) is 1.63. The van der Waals surface area contributed by atoms with Gasteiger partial charge in [0, 0.05) is 30.9 Å². The molecule has 0 fully saturated rings. The van der Waals surface area contributed by atoms with Gasteiger partial charge < -0.3 is 10.6 Å². The minimum absolute atomic E-state index is 0. The summed E-state index contributed by atoms with van der Waals surface area (Å²) in [5.74, 6) is 0.0367. The minimum atomic E-state index is 0. The number of carbonyl (C=O) groups excluding carboxylic acids is 1. The molecule has 1 aromatic rings. The molecule has 0 atom stereocenters. The van der Waals surface area contributed by atoms with Gasteiger partial charge in [-0.25, -0.2) is 0 Å². The van der Waals surface area contributed by atoms with Crippen molar-refractivity contribution in [3.8, 4) is 0 Å². The molecule has 0 aliphatic carbocycles. The van der Waals surface area contributed by atoms with E-state index in [-0.39, 0.29) is 24.4 Å². The lowest BCUT2D eigenvalue weighted by Crippen LogP contribution is -2.36. The van der Waals surface area contributed by atoms with E-state index in [4.69, 9.17) is 5.73 Å². The van der Waals surface area contributed by atoms with Gasteiger partial charge >= 0.3 is 0 Å². The van der Waals surface area contributed by atoms with Crippen molar-refractivity contribution in [1.82, 2.24) is 9.88 Å². The first kappa shape index (κ1) is 15.9. The molecule has 0 radical (unpaired) electrons. The summed E-state index contributed by atoms with van der Waals surface area (Å²) in [4.78, 5) is 18.0. The van der Waals surface area contributed by atoms with E-state index in [0.717, 1.165) is 5.69 Å². The summed E-state index contributed by atoms with van der Waals surface area (Å²) in [7, 11) is 0. The summed E-state index contributed by atoms with van der Waals surface area (Å²) in [6, 6.07) is 3.69. The zero-order valence-electron chi connectivity index (χ0n) is 10.5. The van der Waals surface area contributed by atoms with E-state index < -0.39 is 0 Å². The van der Waals surface area contributed by atoms with E-state index in [1.165, 1.54) is 0 Å². The highest BCUT2D eigenvalue weighted by molar-refractivity contribution is 5.94. The molecule has 17 heavy (non-hydrogen) atoms. The fourth-order valence-electron chi connectivity index (χ4n) is 1.63. The third-order valence-corrected chi connectivity index (χ3v) is 2.50. The van der Waals surface area contributed by atoms with Crippen molar-refractivity contribution in [2.45, 2.75) is 33.4 Å². The Bertz CT molecular complexity index is 369. The maximum absolute atomic E-state index is 12.1. The first-order chi connectivity index (χ1) is 7.60. The molecule has 2 N–H and O–H groups in total. The summed E-state index contributed by atoms with van der Waals surface area (Å²) >= 11 is 0. The lowest BCUT2D eigenvalue weighted by molar-refractivity contribution is 0.0716. The first-order valence-corrected chi connectivity index (χ1v) is 5.56. The molecule has 0 saturated carbocycles. The van der Waals surface area contributed by atoms with Gasteiger partial charge in [-0.1, -0.05) is 0 Å². The second kappa shape index (κ2) is 7.25. The lowest BCUT2D eigenvalue weighted by atomic mass is 10.1. The Balaban J connectivity index is 0.00000256. The molecule has 0 bridgehead atoms. The van der Waals surface area contributed by atoms with Crippen molar-refractivity contribution >= 4 is 18.3 Å². The Morgan fingerprint density at radius 2 is 2.18 bits per heavy atom. The zero-order valence-corrected chi connectivity index (χ0v) is 11.3. The smallest absolute Gasteiger partial charge is 0.254 e. The number of nitrogens with zero attached hydrogens (tertiary/aromatic N) is 2. The van der Waals surface area contributed by atoms with Crippen molar-refractivity contribution < 1.29 is 4.79 Å². The fraction of sp³-hybridized carbons (Fsp3) is 0.500. The molecule has 0 aliphatic rings. The average molecular weight is 258 g/mol. The van der Waals surface area contributed by atoms with Gasteiger partial charge in [-0.3, -0.25) is 9.78 Å². The number of halogens is 1. The van der Waals surface area contributed by atoms with Gasteiger partial charge in [-0.15, -0.1) is 12.4 Å².